The predicted octanol–water partition coefficient (Wildman–Crippen LogP) is 4.22. The number of hydrogen-bond acceptors (Lipinski definition) is 6. The number of nitrogens with one attached hydrogen (secondary N) is 1. The van der Waals surface area contributed by atoms with Gasteiger partial charge in [0.1, 0.15) is 0 Å². The van der Waals surface area contributed by atoms with Gasteiger partial charge < -0.3 is 4.74 Å². The van der Waals surface area contributed by atoms with E-state index in [1.54, 1.807) is 4.57 Å². The van der Waals surface area contributed by atoms with Crippen molar-refractivity contribution in [3.05, 3.63) is 122 Å². The molecule has 0 bridgehead atoms. The van der Waals surface area contributed by atoms with Crippen LogP contribution in [0.15, 0.2) is 93.0 Å². The predicted molar refractivity (Wildman–Crippen MR) is 147 cm³/mol. The minimum absolute atomic E-state index is 0. The molecule has 3 aromatic carbocycles. The molecular formula is C29H26CaN4O4. The number of benzene rings is 3. The molecule has 8 nitrogen and oxygen atoms in total. The van der Waals surface area contributed by atoms with Crippen LogP contribution >= 0.6 is 0 Å². The Bertz CT molecular complexity index is 1640. The van der Waals surface area contributed by atoms with E-state index in [1.807, 2.05) is 92.7 Å². The van der Waals surface area contributed by atoms with Gasteiger partial charge in [0.2, 0.25) is 0 Å². The van der Waals surface area contributed by atoms with Gasteiger partial charge in [0.25, 0.3) is 11.6 Å². The smallest absolute Gasteiger partial charge is 0.439 e. The van der Waals surface area contributed by atoms with Gasteiger partial charge in [0, 0.05) is 55.3 Å². The molecule has 5 rings (SSSR count). The van der Waals surface area contributed by atoms with E-state index >= 15 is 0 Å². The standard InChI is InChI=1S/C29H26N4O4.Ca/c1-3-36-28-30-19(2)25(17-20-9-5-4-6-10-20)27(34)33(28)18-21-13-15-22(16-14-21)23-11-7-8-12-24(23)26-31-29(35)37-32-26;/h4-16H,3,17-18H2,1-2H3,(H,31,32,35);. The van der Waals surface area contributed by atoms with Gasteiger partial charge in [0.05, 0.1) is 18.8 Å². The van der Waals surface area contributed by atoms with Crippen molar-refractivity contribution >= 4 is 37.7 Å². The Labute approximate surface area is 249 Å². The van der Waals surface area contributed by atoms with Crippen molar-refractivity contribution in [1.82, 2.24) is 19.7 Å². The van der Waals surface area contributed by atoms with E-state index in [-0.39, 0.29) is 43.3 Å². The second-order valence-corrected chi connectivity index (χ2v) is 8.63. The molecular weight excluding hydrogens is 508 g/mol. The molecule has 2 radical (unpaired) electrons. The average molecular weight is 535 g/mol. The maximum atomic E-state index is 13.6. The summed E-state index contributed by atoms with van der Waals surface area (Å²) >= 11 is 0. The topological polar surface area (TPSA) is 103 Å². The molecule has 5 aromatic rings. The molecule has 0 spiro atoms. The number of ether oxygens (including phenoxy) is 1. The number of H-pyrrole nitrogens is 1. The van der Waals surface area contributed by atoms with E-state index in [0.29, 0.717) is 42.7 Å². The zero-order chi connectivity index (χ0) is 25.8. The molecule has 9 heteroatoms. The van der Waals surface area contributed by atoms with Crippen molar-refractivity contribution in [3.8, 4) is 28.5 Å². The van der Waals surface area contributed by atoms with Crippen molar-refractivity contribution in [1.29, 1.82) is 0 Å². The molecule has 0 aliphatic carbocycles. The zero-order valence-corrected chi connectivity index (χ0v) is 23.5. The van der Waals surface area contributed by atoms with Crippen LogP contribution in [0.2, 0.25) is 0 Å². The average Bonchev–Trinajstić information content (AvgIpc) is 3.36. The Balaban J connectivity index is 0.00000336. The Morgan fingerprint density at radius 2 is 1.58 bits per heavy atom. The molecule has 0 unspecified atom stereocenters. The van der Waals surface area contributed by atoms with Crippen molar-refractivity contribution in [2.75, 3.05) is 6.61 Å². The third-order valence-electron chi connectivity index (χ3n) is 6.16. The van der Waals surface area contributed by atoms with E-state index in [9.17, 15) is 9.59 Å². The normalized spacial score (nSPS) is 10.7. The first-order chi connectivity index (χ1) is 18.0. The Morgan fingerprint density at radius 1 is 0.895 bits per heavy atom. The fourth-order valence-corrected chi connectivity index (χ4v) is 4.32. The third-order valence-corrected chi connectivity index (χ3v) is 6.16. The van der Waals surface area contributed by atoms with Gasteiger partial charge >= 0.3 is 5.76 Å². The van der Waals surface area contributed by atoms with Crippen LogP contribution in [-0.2, 0) is 13.0 Å². The van der Waals surface area contributed by atoms with Gasteiger partial charge in [0.15, 0.2) is 5.82 Å². The number of aromatic nitrogens is 4. The van der Waals surface area contributed by atoms with Crippen molar-refractivity contribution in [3.63, 3.8) is 0 Å². The van der Waals surface area contributed by atoms with Gasteiger partial charge in [-0.05, 0) is 36.1 Å². The third kappa shape index (κ3) is 5.99. The monoisotopic (exact) mass is 534 g/mol. The van der Waals surface area contributed by atoms with E-state index in [0.717, 1.165) is 27.8 Å². The molecule has 0 saturated carbocycles. The Hall–Kier alpha value is -3.46. The first kappa shape index (κ1) is 27.6. The molecule has 0 aliphatic rings. The molecule has 0 amide bonds. The van der Waals surface area contributed by atoms with Crippen molar-refractivity contribution < 1.29 is 9.26 Å². The van der Waals surface area contributed by atoms with Crippen LogP contribution in [0, 0.1) is 6.92 Å². The van der Waals surface area contributed by atoms with Crippen molar-refractivity contribution in [2.45, 2.75) is 26.8 Å². The molecule has 188 valence electrons. The Morgan fingerprint density at radius 3 is 2.24 bits per heavy atom. The summed E-state index contributed by atoms with van der Waals surface area (Å²) in [5.74, 6) is -0.233. The van der Waals surface area contributed by atoms with Crippen LogP contribution in [0.3, 0.4) is 0 Å². The summed E-state index contributed by atoms with van der Waals surface area (Å²) in [5.41, 5.74) is 5.79. The van der Waals surface area contributed by atoms with Gasteiger partial charge in [-0.3, -0.25) is 18.9 Å². The summed E-state index contributed by atoms with van der Waals surface area (Å²) < 4.78 is 12.0. The van der Waals surface area contributed by atoms with Crippen LogP contribution < -0.4 is 16.1 Å². The van der Waals surface area contributed by atoms with Gasteiger partial charge in [-0.1, -0.05) is 84.0 Å². The minimum Gasteiger partial charge on any atom is -0.465 e. The second-order valence-electron chi connectivity index (χ2n) is 8.63. The van der Waals surface area contributed by atoms with Gasteiger partial charge in [-0.2, -0.15) is 0 Å². The summed E-state index contributed by atoms with van der Waals surface area (Å²) in [6.07, 6.45) is 0.505. The van der Waals surface area contributed by atoms with E-state index in [1.165, 1.54) is 0 Å². The van der Waals surface area contributed by atoms with Crippen LogP contribution in [0.1, 0.15) is 29.3 Å². The first-order valence-electron chi connectivity index (χ1n) is 12.0. The summed E-state index contributed by atoms with van der Waals surface area (Å²) in [4.78, 5) is 32.3. The summed E-state index contributed by atoms with van der Waals surface area (Å²) in [5, 5.41) is 3.83. The van der Waals surface area contributed by atoms with E-state index < -0.39 is 5.76 Å². The van der Waals surface area contributed by atoms with Gasteiger partial charge in [-0.15, -0.1) is 0 Å². The van der Waals surface area contributed by atoms with Gasteiger partial charge in [-0.25, -0.2) is 9.78 Å². The van der Waals surface area contributed by atoms with Crippen LogP contribution in [0.4, 0.5) is 0 Å². The fourth-order valence-electron chi connectivity index (χ4n) is 4.32. The van der Waals surface area contributed by atoms with E-state index in [2.05, 4.69) is 19.6 Å². The summed E-state index contributed by atoms with van der Waals surface area (Å²) in [7, 11) is 0. The number of aromatic amines is 1. The Kier molecular flexibility index (Phi) is 8.99. The number of nitrogens with zero attached hydrogens (tertiary/aromatic N) is 3. The van der Waals surface area contributed by atoms with Crippen LogP contribution in [0.25, 0.3) is 22.5 Å². The maximum Gasteiger partial charge on any atom is 0.439 e. The number of hydrogen-bond donors (Lipinski definition) is 1. The number of rotatable bonds is 8. The SMILES string of the molecule is CCOc1nc(C)c(Cc2ccccc2)c(=O)n1Cc1ccc(-c2ccccc2-c2noc(=O)[nH]2)cc1.[Ca]. The summed E-state index contributed by atoms with van der Waals surface area (Å²) in [6, 6.07) is 25.7. The molecule has 1 N–H and O–H groups in total. The van der Waals surface area contributed by atoms with Crippen molar-refractivity contribution in [2.24, 2.45) is 0 Å². The second kappa shape index (κ2) is 12.4. The molecule has 2 aromatic heterocycles. The molecule has 2 heterocycles. The summed E-state index contributed by atoms with van der Waals surface area (Å²) in [6.45, 7) is 4.45. The van der Waals surface area contributed by atoms with Crippen LogP contribution in [-0.4, -0.2) is 64.0 Å². The first-order valence-corrected chi connectivity index (χ1v) is 12.0. The molecule has 38 heavy (non-hydrogen) atoms. The molecule has 0 fully saturated rings. The minimum atomic E-state index is -0.603. The zero-order valence-electron chi connectivity index (χ0n) is 21.3. The quantitative estimate of drug-likeness (QED) is 0.299. The van der Waals surface area contributed by atoms with Crippen LogP contribution in [0.5, 0.6) is 6.01 Å². The fraction of sp³-hybridized carbons (Fsp3) is 0.172. The molecule has 0 aliphatic heterocycles. The molecule has 0 atom stereocenters. The number of aryl methyl sites for hydroxylation is 1. The maximum absolute atomic E-state index is 13.6. The van der Waals surface area contributed by atoms with E-state index in [4.69, 9.17) is 4.74 Å². The largest absolute Gasteiger partial charge is 0.465 e. The molecule has 0 saturated heterocycles.